The minimum absolute atomic E-state index is 0.0208. The first kappa shape index (κ1) is 20.5. The van der Waals surface area contributed by atoms with Crippen LogP contribution < -0.4 is 9.64 Å². The van der Waals surface area contributed by atoms with Gasteiger partial charge in [-0.2, -0.15) is 0 Å². The highest BCUT2D eigenvalue weighted by atomic mass is 16.5. The average molecular weight is 417 g/mol. The summed E-state index contributed by atoms with van der Waals surface area (Å²) in [6.45, 7) is 5.63. The fourth-order valence-corrected chi connectivity index (χ4v) is 3.95. The Morgan fingerprint density at radius 1 is 1.03 bits per heavy atom. The third-order valence-corrected chi connectivity index (χ3v) is 5.43. The Balaban J connectivity index is 1.95. The fourth-order valence-electron chi connectivity index (χ4n) is 3.95. The predicted octanol–water partition coefficient (Wildman–Crippen LogP) is 4.84. The number of carbonyl (C=O) groups is 2. The van der Waals surface area contributed by atoms with Gasteiger partial charge in [-0.05, 0) is 56.7 Å². The second kappa shape index (κ2) is 7.80. The van der Waals surface area contributed by atoms with Gasteiger partial charge in [0.15, 0.2) is 0 Å². The number of anilines is 1. The lowest BCUT2D eigenvalue weighted by atomic mass is 9.98. The normalized spacial score (nSPS) is 17.9. The molecular formula is C25H23NO5. The molecule has 6 heteroatoms. The van der Waals surface area contributed by atoms with E-state index in [0.717, 1.165) is 11.1 Å². The number of ketones is 1. The maximum absolute atomic E-state index is 13.2. The summed E-state index contributed by atoms with van der Waals surface area (Å²) in [6, 6.07) is 15.0. The Bertz CT molecular complexity index is 1220. The van der Waals surface area contributed by atoms with Crippen LogP contribution in [0.1, 0.15) is 34.3 Å². The van der Waals surface area contributed by atoms with E-state index in [2.05, 4.69) is 0 Å². The number of rotatable bonds is 4. The topological polar surface area (TPSA) is 80.0 Å². The molecular weight excluding hydrogens is 394 g/mol. The van der Waals surface area contributed by atoms with Gasteiger partial charge in [-0.3, -0.25) is 14.5 Å². The number of Topliss-reactive ketones (excluding diaryl/α,β-unsaturated/α-hetero) is 1. The number of carbonyl (C=O) groups excluding carboxylic acids is 2. The molecule has 2 heterocycles. The number of furan rings is 1. The highest BCUT2D eigenvalue weighted by molar-refractivity contribution is 6.51. The summed E-state index contributed by atoms with van der Waals surface area (Å²) in [5, 5.41) is 11.1. The van der Waals surface area contributed by atoms with Crippen LogP contribution in [0.15, 0.2) is 64.6 Å². The number of aryl methyl sites for hydroxylation is 3. The number of nitrogens with zero attached hydrogens (tertiary/aromatic N) is 1. The van der Waals surface area contributed by atoms with Crippen LogP contribution in [0.2, 0.25) is 0 Å². The summed E-state index contributed by atoms with van der Waals surface area (Å²) in [6.07, 6.45) is 0. The summed E-state index contributed by atoms with van der Waals surface area (Å²) in [5.41, 5.74) is 2.84. The number of ether oxygens (including phenoxy) is 1. The first-order chi connectivity index (χ1) is 14.8. The lowest BCUT2D eigenvalue weighted by molar-refractivity contribution is -0.132. The average Bonchev–Trinajstić information content (AvgIpc) is 3.29. The summed E-state index contributed by atoms with van der Waals surface area (Å²) in [4.78, 5) is 27.7. The Hall–Kier alpha value is -3.80. The first-order valence-electron chi connectivity index (χ1n) is 9.91. The van der Waals surface area contributed by atoms with Gasteiger partial charge >= 0.3 is 0 Å². The second-order valence-electron chi connectivity index (χ2n) is 7.64. The van der Waals surface area contributed by atoms with Crippen molar-refractivity contribution in [3.8, 4) is 5.75 Å². The molecule has 1 aromatic heterocycles. The van der Waals surface area contributed by atoms with Crippen LogP contribution in [-0.2, 0) is 9.59 Å². The van der Waals surface area contributed by atoms with E-state index in [0.29, 0.717) is 28.5 Å². The largest absolute Gasteiger partial charge is 0.507 e. The van der Waals surface area contributed by atoms with E-state index in [1.807, 2.05) is 32.0 Å². The zero-order chi connectivity index (χ0) is 22.3. The monoisotopic (exact) mass is 417 g/mol. The van der Waals surface area contributed by atoms with Gasteiger partial charge in [0.2, 0.25) is 0 Å². The van der Waals surface area contributed by atoms with Gasteiger partial charge in [-0.15, -0.1) is 0 Å². The van der Waals surface area contributed by atoms with E-state index in [9.17, 15) is 14.7 Å². The minimum Gasteiger partial charge on any atom is -0.507 e. The van der Waals surface area contributed by atoms with Gasteiger partial charge in [0, 0.05) is 11.3 Å². The molecule has 158 valence electrons. The number of amides is 1. The van der Waals surface area contributed by atoms with Crippen molar-refractivity contribution in [3.05, 3.63) is 88.4 Å². The smallest absolute Gasteiger partial charge is 0.300 e. The molecule has 1 saturated heterocycles. The standard InChI is InChI=1S/C25H23NO5/c1-14-8-10-19(15(2)12-14)26-22(20-11-9-16(3)31-20)21(24(28)25(26)29)23(27)17-6-5-7-18(13-17)30-4/h5-13,22,27H,1-4H3/b23-21-. The molecule has 31 heavy (non-hydrogen) atoms. The maximum atomic E-state index is 13.2. The molecule has 1 aliphatic heterocycles. The molecule has 4 rings (SSSR count). The van der Waals surface area contributed by atoms with Crippen LogP contribution in [0.5, 0.6) is 5.75 Å². The zero-order valence-corrected chi connectivity index (χ0v) is 17.8. The number of hydrogen-bond acceptors (Lipinski definition) is 5. The maximum Gasteiger partial charge on any atom is 0.300 e. The molecule has 1 aliphatic rings. The molecule has 0 spiro atoms. The van der Waals surface area contributed by atoms with Crippen molar-refractivity contribution in [1.82, 2.24) is 0 Å². The molecule has 3 aromatic rings. The minimum atomic E-state index is -0.888. The molecule has 6 nitrogen and oxygen atoms in total. The Morgan fingerprint density at radius 2 is 1.81 bits per heavy atom. The summed E-state index contributed by atoms with van der Waals surface area (Å²) >= 11 is 0. The predicted molar refractivity (Wildman–Crippen MR) is 117 cm³/mol. The van der Waals surface area contributed by atoms with Crippen LogP contribution in [-0.4, -0.2) is 23.9 Å². The molecule has 2 aromatic carbocycles. The van der Waals surface area contributed by atoms with E-state index in [1.165, 1.54) is 12.0 Å². The SMILES string of the molecule is COc1cccc(/C(O)=C2/C(=O)C(=O)N(c3ccc(C)cc3C)C2c2ccc(C)o2)c1. The number of benzene rings is 2. The van der Waals surface area contributed by atoms with E-state index >= 15 is 0 Å². The van der Waals surface area contributed by atoms with Crippen molar-refractivity contribution in [2.75, 3.05) is 12.0 Å². The molecule has 0 aliphatic carbocycles. The lowest BCUT2D eigenvalue weighted by Gasteiger charge is -2.25. The summed E-state index contributed by atoms with van der Waals surface area (Å²) < 4.78 is 11.1. The third-order valence-electron chi connectivity index (χ3n) is 5.43. The quantitative estimate of drug-likeness (QED) is 0.373. The molecule has 1 atom stereocenters. The first-order valence-corrected chi connectivity index (χ1v) is 9.91. The Labute approximate surface area is 180 Å². The second-order valence-corrected chi connectivity index (χ2v) is 7.64. The van der Waals surface area contributed by atoms with Crippen molar-refractivity contribution in [2.24, 2.45) is 0 Å². The van der Waals surface area contributed by atoms with Crippen molar-refractivity contribution in [3.63, 3.8) is 0 Å². The van der Waals surface area contributed by atoms with Crippen LogP contribution in [0.4, 0.5) is 5.69 Å². The van der Waals surface area contributed by atoms with Gasteiger partial charge in [0.1, 0.15) is 29.1 Å². The lowest BCUT2D eigenvalue weighted by Crippen LogP contribution is -2.30. The van der Waals surface area contributed by atoms with Crippen molar-refractivity contribution < 1.29 is 23.8 Å². The molecule has 1 amide bonds. The van der Waals surface area contributed by atoms with E-state index < -0.39 is 17.7 Å². The third kappa shape index (κ3) is 3.50. The van der Waals surface area contributed by atoms with Crippen molar-refractivity contribution in [2.45, 2.75) is 26.8 Å². The number of hydrogen-bond donors (Lipinski definition) is 1. The molecule has 1 fully saturated rings. The molecule has 0 saturated carbocycles. The van der Waals surface area contributed by atoms with E-state index in [4.69, 9.17) is 9.15 Å². The molecule has 1 unspecified atom stereocenters. The van der Waals surface area contributed by atoms with E-state index in [1.54, 1.807) is 43.3 Å². The molecule has 0 bridgehead atoms. The Morgan fingerprint density at radius 3 is 2.45 bits per heavy atom. The van der Waals surface area contributed by atoms with Crippen LogP contribution in [0.3, 0.4) is 0 Å². The van der Waals surface area contributed by atoms with Gasteiger partial charge in [0.25, 0.3) is 11.7 Å². The summed E-state index contributed by atoms with van der Waals surface area (Å²) in [7, 11) is 1.52. The van der Waals surface area contributed by atoms with Crippen molar-refractivity contribution in [1.29, 1.82) is 0 Å². The number of aliphatic hydroxyl groups is 1. The van der Waals surface area contributed by atoms with Gasteiger partial charge in [0.05, 0.1) is 12.7 Å². The highest BCUT2D eigenvalue weighted by Crippen LogP contribution is 2.43. The summed E-state index contributed by atoms with van der Waals surface area (Å²) in [5.74, 6) is -0.180. The fraction of sp³-hybridized carbons (Fsp3) is 0.200. The van der Waals surface area contributed by atoms with Crippen LogP contribution >= 0.6 is 0 Å². The van der Waals surface area contributed by atoms with Crippen LogP contribution in [0, 0.1) is 20.8 Å². The molecule has 1 N–H and O–H groups in total. The van der Waals surface area contributed by atoms with Crippen molar-refractivity contribution >= 4 is 23.1 Å². The number of methoxy groups -OCH3 is 1. The molecule has 0 radical (unpaired) electrons. The van der Waals surface area contributed by atoms with Gasteiger partial charge < -0.3 is 14.3 Å². The Kier molecular flexibility index (Phi) is 5.15. The van der Waals surface area contributed by atoms with Gasteiger partial charge in [-0.1, -0.05) is 29.8 Å². The zero-order valence-electron chi connectivity index (χ0n) is 17.8. The van der Waals surface area contributed by atoms with Gasteiger partial charge in [-0.25, -0.2) is 0 Å². The highest BCUT2D eigenvalue weighted by Gasteiger charge is 2.48. The van der Waals surface area contributed by atoms with Crippen LogP contribution in [0.25, 0.3) is 5.76 Å². The van der Waals surface area contributed by atoms with E-state index in [-0.39, 0.29) is 11.3 Å². The number of aliphatic hydroxyl groups excluding tert-OH is 1.